The van der Waals surface area contributed by atoms with Gasteiger partial charge >= 0.3 is 11.9 Å². The molecule has 0 radical (unpaired) electrons. The zero-order chi connectivity index (χ0) is 21.9. The second-order valence-electron chi connectivity index (χ2n) is 5.82. The van der Waals surface area contributed by atoms with Crippen LogP contribution in [0.5, 0.6) is 5.75 Å². The Balaban J connectivity index is 1.96. The van der Waals surface area contributed by atoms with E-state index in [-0.39, 0.29) is 25.8 Å². The standard InChI is InChI=1S/C19H21ClN2O7S/c1-2-27-15(24)8-9-30-19-17(18(26)22(19)10-16(25)29-12-20)21-14(23)11-28-13-6-4-3-5-7-13/h3-9,17,19H,2,10-12H2,1H3,(H,21,23)/t17-,19+/m0/s1. The number of hydrogen-bond acceptors (Lipinski definition) is 8. The third kappa shape index (κ3) is 6.96. The summed E-state index contributed by atoms with van der Waals surface area (Å²) in [7, 11) is 0. The smallest absolute Gasteiger partial charge is 0.331 e. The average Bonchev–Trinajstić information content (AvgIpc) is 2.74. The van der Waals surface area contributed by atoms with Crippen LogP contribution in [0.2, 0.25) is 0 Å². The molecule has 30 heavy (non-hydrogen) atoms. The lowest BCUT2D eigenvalue weighted by molar-refractivity contribution is -0.157. The van der Waals surface area contributed by atoms with E-state index >= 15 is 0 Å². The van der Waals surface area contributed by atoms with Crippen LogP contribution in [0, 0.1) is 0 Å². The van der Waals surface area contributed by atoms with E-state index in [0.29, 0.717) is 5.75 Å². The van der Waals surface area contributed by atoms with Crippen LogP contribution in [-0.2, 0) is 28.7 Å². The van der Waals surface area contributed by atoms with E-state index in [9.17, 15) is 19.2 Å². The van der Waals surface area contributed by atoms with Gasteiger partial charge in [-0.1, -0.05) is 29.8 Å². The summed E-state index contributed by atoms with van der Waals surface area (Å²) in [5.74, 6) is -1.67. The Hall–Kier alpha value is -2.72. The fraction of sp³-hybridized carbons (Fsp3) is 0.368. The second kappa shape index (κ2) is 12.1. The molecule has 11 heteroatoms. The molecule has 0 aliphatic carbocycles. The number of ether oxygens (including phenoxy) is 3. The number of alkyl halides is 1. The van der Waals surface area contributed by atoms with Crippen LogP contribution < -0.4 is 10.1 Å². The lowest BCUT2D eigenvalue weighted by Crippen LogP contribution is -2.70. The van der Waals surface area contributed by atoms with E-state index in [2.05, 4.69) is 10.1 Å². The normalized spacial score (nSPS) is 17.9. The van der Waals surface area contributed by atoms with E-state index in [1.807, 2.05) is 6.07 Å². The van der Waals surface area contributed by atoms with Gasteiger partial charge in [-0.2, -0.15) is 0 Å². The van der Waals surface area contributed by atoms with Crippen LogP contribution in [0.4, 0.5) is 0 Å². The number of esters is 2. The molecule has 2 rings (SSSR count). The molecular formula is C19H21ClN2O7S. The molecule has 162 valence electrons. The van der Waals surface area contributed by atoms with Gasteiger partial charge in [-0.25, -0.2) is 4.79 Å². The molecule has 0 unspecified atom stereocenters. The molecule has 0 spiro atoms. The third-order valence-corrected chi connectivity index (χ3v) is 5.00. The number of amides is 2. The Labute approximate surface area is 182 Å². The van der Waals surface area contributed by atoms with E-state index in [1.54, 1.807) is 31.2 Å². The third-order valence-electron chi connectivity index (χ3n) is 3.79. The molecule has 1 saturated heterocycles. The Kier molecular flexibility index (Phi) is 9.49. The van der Waals surface area contributed by atoms with Crippen molar-refractivity contribution < 1.29 is 33.4 Å². The number of rotatable bonds is 11. The summed E-state index contributed by atoms with van der Waals surface area (Å²) in [5.41, 5.74) is 0. The number of benzene rings is 1. The quantitative estimate of drug-likeness (QED) is 0.229. The molecule has 1 aromatic carbocycles. The molecule has 1 heterocycles. The molecule has 0 aromatic heterocycles. The van der Waals surface area contributed by atoms with Crippen molar-refractivity contribution in [1.82, 2.24) is 10.2 Å². The van der Waals surface area contributed by atoms with Crippen molar-refractivity contribution in [2.24, 2.45) is 0 Å². The minimum absolute atomic E-state index is 0.228. The molecular weight excluding hydrogens is 436 g/mol. The molecule has 2 atom stereocenters. The van der Waals surface area contributed by atoms with Crippen LogP contribution in [-0.4, -0.2) is 65.9 Å². The molecule has 1 fully saturated rings. The van der Waals surface area contributed by atoms with Crippen molar-refractivity contribution in [2.45, 2.75) is 18.3 Å². The SMILES string of the molecule is CCOC(=O)C=CS[C@@H]1[C@@H](NC(=O)COc2ccccc2)C(=O)N1CC(=O)OCCl. The summed E-state index contributed by atoms with van der Waals surface area (Å²) in [6.07, 6.45) is 1.20. The zero-order valence-electron chi connectivity index (χ0n) is 16.1. The number of para-hydroxylation sites is 1. The highest BCUT2D eigenvalue weighted by Gasteiger charge is 2.49. The predicted molar refractivity (Wildman–Crippen MR) is 110 cm³/mol. The van der Waals surface area contributed by atoms with Crippen LogP contribution in [0.3, 0.4) is 0 Å². The van der Waals surface area contributed by atoms with Crippen molar-refractivity contribution >= 4 is 47.1 Å². The number of halogens is 1. The summed E-state index contributed by atoms with van der Waals surface area (Å²) < 4.78 is 14.8. The highest BCUT2D eigenvalue weighted by Crippen LogP contribution is 2.31. The molecule has 1 aliphatic heterocycles. The van der Waals surface area contributed by atoms with Gasteiger partial charge in [0.25, 0.3) is 5.91 Å². The van der Waals surface area contributed by atoms with E-state index in [0.717, 1.165) is 11.8 Å². The Morgan fingerprint density at radius 3 is 2.63 bits per heavy atom. The monoisotopic (exact) mass is 456 g/mol. The van der Waals surface area contributed by atoms with E-state index in [1.165, 1.54) is 16.4 Å². The average molecular weight is 457 g/mol. The Morgan fingerprint density at radius 2 is 1.97 bits per heavy atom. The first kappa shape index (κ1) is 23.6. The first-order valence-electron chi connectivity index (χ1n) is 8.94. The van der Waals surface area contributed by atoms with E-state index < -0.39 is 35.2 Å². The lowest BCUT2D eigenvalue weighted by Gasteiger charge is -2.45. The van der Waals surface area contributed by atoms with Crippen LogP contribution in [0.25, 0.3) is 0 Å². The number of nitrogens with one attached hydrogen (secondary N) is 1. The van der Waals surface area contributed by atoms with Gasteiger partial charge in [0.1, 0.15) is 23.7 Å². The predicted octanol–water partition coefficient (Wildman–Crippen LogP) is 1.27. The summed E-state index contributed by atoms with van der Waals surface area (Å²) in [6.45, 7) is 1.30. The van der Waals surface area contributed by atoms with Crippen LogP contribution >= 0.6 is 23.4 Å². The molecule has 1 N–H and O–H groups in total. The minimum atomic E-state index is -0.891. The molecule has 0 saturated carbocycles. The number of hydrogen-bond donors (Lipinski definition) is 1. The second-order valence-corrected chi connectivity index (χ2v) is 7.07. The number of nitrogens with zero attached hydrogens (tertiary/aromatic N) is 1. The maximum atomic E-state index is 12.4. The molecule has 9 nitrogen and oxygen atoms in total. The van der Waals surface area contributed by atoms with Gasteiger partial charge in [0.15, 0.2) is 12.7 Å². The van der Waals surface area contributed by atoms with Gasteiger partial charge in [0.2, 0.25) is 5.91 Å². The largest absolute Gasteiger partial charge is 0.484 e. The zero-order valence-corrected chi connectivity index (χ0v) is 17.7. The van der Waals surface area contributed by atoms with Gasteiger partial charge in [0, 0.05) is 6.08 Å². The number of β-lactam (4-membered cyclic amide) rings is 1. The number of carbonyl (C=O) groups is 4. The summed E-state index contributed by atoms with van der Waals surface area (Å²) in [6, 6.07) is 7.52. The van der Waals surface area contributed by atoms with Gasteiger partial charge < -0.3 is 24.4 Å². The van der Waals surface area contributed by atoms with Gasteiger partial charge in [-0.3, -0.25) is 14.4 Å². The summed E-state index contributed by atoms with van der Waals surface area (Å²) in [4.78, 5) is 49.0. The van der Waals surface area contributed by atoms with Crippen molar-refractivity contribution in [1.29, 1.82) is 0 Å². The number of likely N-dealkylation sites (tertiary alicyclic amines) is 1. The van der Waals surface area contributed by atoms with Crippen LogP contribution in [0.1, 0.15) is 6.92 Å². The van der Waals surface area contributed by atoms with Crippen molar-refractivity contribution in [3.8, 4) is 5.75 Å². The van der Waals surface area contributed by atoms with E-state index in [4.69, 9.17) is 21.1 Å². The van der Waals surface area contributed by atoms with Crippen LogP contribution in [0.15, 0.2) is 41.8 Å². The first-order valence-corrected chi connectivity index (χ1v) is 10.4. The summed E-state index contributed by atoms with van der Waals surface area (Å²) >= 11 is 6.44. The molecule has 1 aliphatic rings. The maximum Gasteiger partial charge on any atom is 0.331 e. The Morgan fingerprint density at radius 1 is 1.23 bits per heavy atom. The van der Waals surface area contributed by atoms with Gasteiger partial charge in [0.05, 0.1) is 6.61 Å². The highest BCUT2D eigenvalue weighted by atomic mass is 35.5. The number of carbonyl (C=O) groups excluding carboxylic acids is 4. The van der Waals surface area contributed by atoms with Gasteiger partial charge in [-0.15, -0.1) is 11.8 Å². The topological polar surface area (TPSA) is 111 Å². The van der Waals surface area contributed by atoms with Crippen molar-refractivity contribution in [2.75, 3.05) is 25.8 Å². The fourth-order valence-corrected chi connectivity index (χ4v) is 3.61. The number of thioether (sulfide) groups is 1. The Bertz CT molecular complexity index is 790. The maximum absolute atomic E-state index is 12.4. The van der Waals surface area contributed by atoms with Crippen molar-refractivity contribution in [3.63, 3.8) is 0 Å². The molecule has 2 amide bonds. The highest BCUT2D eigenvalue weighted by molar-refractivity contribution is 8.02. The fourth-order valence-electron chi connectivity index (χ4n) is 2.47. The minimum Gasteiger partial charge on any atom is -0.484 e. The molecule has 0 bridgehead atoms. The first-order chi connectivity index (χ1) is 14.5. The molecule has 1 aromatic rings. The summed E-state index contributed by atoms with van der Waals surface area (Å²) in [5, 5.41) is 3.40. The lowest BCUT2D eigenvalue weighted by atomic mass is 10.1. The van der Waals surface area contributed by atoms with Crippen molar-refractivity contribution in [3.05, 3.63) is 41.8 Å². The van der Waals surface area contributed by atoms with Gasteiger partial charge in [-0.05, 0) is 24.5 Å².